The summed E-state index contributed by atoms with van der Waals surface area (Å²) in [4.78, 5) is 0. The first-order chi connectivity index (χ1) is 2.41. The first kappa shape index (κ1) is 4.22. The molecule has 0 aliphatic rings. The van der Waals surface area contributed by atoms with Crippen LogP contribution in [0.2, 0.25) is 0 Å². The molecule has 0 aromatic heterocycles. The molecule has 0 saturated carbocycles. The fourth-order valence-electron chi connectivity index (χ4n) is 0.0183. The lowest BCUT2D eigenvalue weighted by atomic mass is 11.7. The summed E-state index contributed by atoms with van der Waals surface area (Å²) >= 11 is 3.98. The van der Waals surface area contributed by atoms with E-state index in [9.17, 15) is 0 Å². The van der Waals surface area contributed by atoms with Gasteiger partial charge >= 0.3 is 5.08 Å². The van der Waals surface area contributed by atoms with Crippen LogP contribution in [0.25, 0.3) is 5.08 Å². The molecule has 0 unspecified atom stereocenters. The van der Waals surface area contributed by atoms with Gasteiger partial charge in [-0.25, -0.2) is 0 Å². The van der Waals surface area contributed by atoms with E-state index in [0.29, 0.717) is 0 Å². The SMILES string of the molecule is N#[N+]N=C=S. The summed E-state index contributed by atoms with van der Waals surface area (Å²) in [7, 11) is 0. The first-order valence-electron chi connectivity index (χ1n) is 0.828. The molecule has 0 aromatic carbocycles. The standard InChI is InChI=1S/CN3S/c2-4-3-1-5/q+1. The lowest BCUT2D eigenvalue weighted by Gasteiger charge is -1.14. The minimum atomic E-state index is 1.81. The molecule has 0 radical (unpaired) electrons. The van der Waals surface area contributed by atoms with E-state index in [1.165, 1.54) is 0 Å². The highest BCUT2D eigenvalue weighted by Gasteiger charge is 1.63. The Balaban J connectivity index is 3.46. The van der Waals surface area contributed by atoms with Gasteiger partial charge in [0.05, 0.1) is 0 Å². The molecule has 0 atom stereocenters. The molecule has 3 nitrogen and oxygen atoms in total. The fraction of sp³-hybridized carbons (Fsp3) is 0. The highest BCUT2D eigenvalue weighted by Crippen LogP contribution is 1.55. The monoisotopic (exact) mass is 86.0 g/mol. The van der Waals surface area contributed by atoms with Crippen LogP contribution in [0.15, 0.2) is 5.10 Å². The molecule has 0 heterocycles. The third-order valence-electron chi connectivity index (χ3n) is 0.0855. The van der Waals surface area contributed by atoms with Crippen LogP contribution in [0.3, 0.4) is 0 Å². The van der Waals surface area contributed by atoms with Crippen LogP contribution in [0.4, 0.5) is 0 Å². The van der Waals surface area contributed by atoms with Crippen molar-refractivity contribution in [3.05, 3.63) is 5.08 Å². The van der Waals surface area contributed by atoms with Gasteiger partial charge in [-0.3, -0.25) is 0 Å². The Bertz CT molecular complexity index is 94.0. The molecule has 0 aromatic rings. The minimum Gasteiger partial charge on any atom is 0.00136 e. The average Bonchev–Trinajstić information content (AvgIpc) is 1.41. The summed E-state index contributed by atoms with van der Waals surface area (Å²) in [5, 5.41) is 14.2. The molecule has 0 aliphatic carbocycles. The maximum Gasteiger partial charge on any atom is 0.349 e. The van der Waals surface area contributed by atoms with E-state index < -0.39 is 0 Å². The molecule has 0 N–H and O–H groups in total. The van der Waals surface area contributed by atoms with E-state index in [1.54, 1.807) is 0 Å². The molecule has 0 amide bonds. The van der Waals surface area contributed by atoms with Gasteiger partial charge in [-0.05, 0) is 0 Å². The summed E-state index contributed by atoms with van der Waals surface area (Å²) in [5.74, 6) is 0. The summed E-state index contributed by atoms with van der Waals surface area (Å²) in [6.45, 7) is 0. The van der Waals surface area contributed by atoms with Crippen molar-refractivity contribution in [3.8, 4) is 0 Å². The quantitative estimate of drug-likeness (QED) is 0.190. The van der Waals surface area contributed by atoms with E-state index in [-0.39, 0.29) is 0 Å². The van der Waals surface area contributed by atoms with Crippen molar-refractivity contribution in [2.24, 2.45) is 5.10 Å². The maximum absolute atomic E-state index is 7.40. The van der Waals surface area contributed by atoms with Gasteiger partial charge in [-0.1, -0.05) is 0 Å². The third-order valence-corrected chi connectivity index (χ3v) is 0.167. The summed E-state index contributed by atoms with van der Waals surface area (Å²) in [6.07, 6.45) is 0. The van der Waals surface area contributed by atoms with Gasteiger partial charge in [0, 0.05) is 12.2 Å². The van der Waals surface area contributed by atoms with E-state index in [1.807, 2.05) is 5.16 Å². The Morgan fingerprint density at radius 1 is 2.00 bits per heavy atom. The summed E-state index contributed by atoms with van der Waals surface area (Å²) in [6, 6.07) is 0. The number of isothiocyanates is 1. The minimum absolute atomic E-state index is 1.81. The molecule has 5 heavy (non-hydrogen) atoms. The predicted octanol–water partition coefficient (Wildman–Crippen LogP) is 0.857. The lowest BCUT2D eigenvalue weighted by molar-refractivity contribution is 1.36. The molecule has 0 bridgehead atoms. The van der Waals surface area contributed by atoms with Crippen LogP contribution in [0.1, 0.15) is 0 Å². The number of rotatable bonds is 0. The van der Waals surface area contributed by atoms with Crippen molar-refractivity contribution in [1.29, 1.82) is 5.39 Å². The van der Waals surface area contributed by atoms with Crippen LogP contribution in [0.5, 0.6) is 0 Å². The van der Waals surface area contributed by atoms with E-state index in [2.05, 4.69) is 22.4 Å². The Hall–Kier alpha value is -0.780. The molecule has 4 heteroatoms. The Kier molecular flexibility index (Phi) is 2.72. The zero-order chi connectivity index (χ0) is 4.12. The molecule has 0 fully saturated rings. The van der Waals surface area contributed by atoms with Crippen LogP contribution >= 0.6 is 12.2 Å². The van der Waals surface area contributed by atoms with E-state index in [0.717, 1.165) is 0 Å². The average molecular weight is 86.1 g/mol. The van der Waals surface area contributed by atoms with Crippen molar-refractivity contribution in [2.45, 2.75) is 0 Å². The van der Waals surface area contributed by atoms with Crippen LogP contribution < -0.4 is 0 Å². The molecule has 0 aliphatic heterocycles. The number of thiocarbonyl (C=S) groups is 1. The summed E-state index contributed by atoms with van der Waals surface area (Å²) in [5.41, 5.74) is 0. The first-order valence-corrected chi connectivity index (χ1v) is 1.24. The van der Waals surface area contributed by atoms with Crippen molar-refractivity contribution < 1.29 is 0 Å². The Labute approximate surface area is 33.9 Å². The number of hydrogen-bond acceptors (Lipinski definition) is 3. The topological polar surface area (TPSA) is 40.5 Å². The van der Waals surface area contributed by atoms with Crippen LogP contribution in [0, 0.1) is 5.39 Å². The second-order valence-corrected chi connectivity index (χ2v) is 0.463. The van der Waals surface area contributed by atoms with E-state index in [4.69, 9.17) is 5.39 Å². The lowest BCUT2D eigenvalue weighted by Crippen LogP contribution is -1.27. The zero-order valence-electron chi connectivity index (χ0n) is 2.25. The van der Waals surface area contributed by atoms with Crippen molar-refractivity contribution >= 4 is 17.4 Å². The molecular formula is CN3S+. The van der Waals surface area contributed by atoms with Gasteiger partial charge in [-0.15, -0.1) is 0 Å². The van der Waals surface area contributed by atoms with Gasteiger partial charge in [-0.2, -0.15) is 0 Å². The largest absolute Gasteiger partial charge is 0.349 e. The Morgan fingerprint density at radius 3 is 2.60 bits per heavy atom. The van der Waals surface area contributed by atoms with Gasteiger partial charge in [0.2, 0.25) is 5.10 Å². The fourth-order valence-corrected chi connectivity index (χ4v) is 0.0548. The second kappa shape index (κ2) is 3.22. The highest BCUT2D eigenvalue weighted by atomic mass is 32.1. The zero-order valence-corrected chi connectivity index (χ0v) is 3.07. The Morgan fingerprint density at radius 2 is 2.60 bits per heavy atom. The normalized spacial score (nSPS) is 3.80. The van der Waals surface area contributed by atoms with Gasteiger partial charge < -0.3 is 0 Å². The molecule has 0 rings (SSSR count). The van der Waals surface area contributed by atoms with E-state index >= 15 is 0 Å². The highest BCUT2D eigenvalue weighted by molar-refractivity contribution is 7.78. The van der Waals surface area contributed by atoms with Crippen molar-refractivity contribution in [1.82, 2.24) is 0 Å². The summed E-state index contributed by atoms with van der Waals surface area (Å²) < 4.78 is 0. The van der Waals surface area contributed by atoms with Gasteiger partial charge in [0.15, 0.2) is 5.16 Å². The molecule has 24 valence electrons. The maximum atomic E-state index is 7.40. The molecular weight excluding hydrogens is 86.1 g/mol. The van der Waals surface area contributed by atoms with Crippen molar-refractivity contribution in [3.63, 3.8) is 0 Å². The molecule has 0 spiro atoms. The number of diazo groups is 1. The number of hydrogen-bond donors (Lipinski definition) is 0. The van der Waals surface area contributed by atoms with Gasteiger partial charge in [0.25, 0.3) is 5.39 Å². The van der Waals surface area contributed by atoms with Crippen LogP contribution in [-0.4, -0.2) is 5.16 Å². The molecule has 0 saturated heterocycles. The van der Waals surface area contributed by atoms with Gasteiger partial charge in [0.1, 0.15) is 0 Å². The predicted molar refractivity (Wildman–Crippen MR) is 20.1 cm³/mol. The van der Waals surface area contributed by atoms with Crippen LogP contribution in [-0.2, 0) is 0 Å². The third kappa shape index (κ3) is 3.22. The van der Waals surface area contributed by atoms with Crippen molar-refractivity contribution in [2.75, 3.05) is 0 Å². The number of nitrogens with zero attached hydrogens (tertiary/aromatic N) is 3. The second-order valence-electron chi connectivity index (χ2n) is 0.281. The smallest absolute Gasteiger partial charge is 0.00136 e.